The molecule has 2 fully saturated rings. The molecule has 0 bridgehead atoms. The van der Waals surface area contributed by atoms with Gasteiger partial charge in [-0.1, -0.05) is 19.3 Å². The number of fused-ring (bicyclic) bond motifs is 2. The highest BCUT2D eigenvalue weighted by Crippen LogP contribution is 2.40. The van der Waals surface area contributed by atoms with Gasteiger partial charge in [-0.25, -0.2) is 9.89 Å². The van der Waals surface area contributed by atoms with Gasteiger partial charge in [0.2, 0.25) is 11.9 Å². The number of rotatable bonds is 5. The Kier molecular flexibility index (Phi) is 5.84. The monoisotopic (exact) mass is 428 g/mol. The fourth-order valence-corrected chi connectivity index (χ4v) is 4.75. The maximum Gasteiger partial charge on any atom is 0.304 e. The van der Waals surface area contributed by atoms with E-state index in [4.69, 9.17) is 14.6 Å². The molecule has 0 spiro atoms. The highest BCUT2D eigenvalue weighted by Gasteiger charge is 2.50. The molecule has 31 heavy (non-hydrogen) atoms. The molecule has 166 valence electrons. The zero-order chi connectivity index (χ0) is 22.1. The van der Waals surface area contributed by atoms with Crippen LogP contribution in [0.5, 0.6) is 5.75 Å². The molecule has 3 aliphatic rings. The van der Waals surface area contributed by atoms with Crippen molar-refractivity contribution in [3.8, 4) is 5.75 Å². The van der Waals surface area contributed by atoms with Gasteiger partial charge in [0.15, 0.2) is 12.0 Å². The van der Waals surface area contributed by atoms with Crippen molar-refractivity contribution in [3.05, 3.63) is 23.8 Å². The minimum atomic E-state index is -0.733. The number of amides is 2. The SMILES string of the molecule is CC(=O)NOc1ccc2c(c1)CN1C(=N2)N(C(C)OC(C)=O)C(=O)C1C1CCCCC1. The first-order chi connectivity index (χ1) is 14.8. The predicted octanol–water partition coefficient (Wildman–Crippen LogP) is 2.62. The van der Waals surface area contributed by atoms with Gasteiger partial charge in [-0.3, -0.25) is 14.4 Å². The number of carbonyl (C=O) groups is 3. The van der Waals surface area contributed by atoms with Gasteiger partial charge in [0.25, 0.3) is 5.91 Å². The summed E-state index contributed by atoms with van der Waals surface area (Å²) in [5.74, 6) is 0.457. The Labute approximate surface area is 181 Å². The van der Waals surface area contributed by atoms with Crippen molar-refractivity contribution in [3.63, 3.8) is 0 Å². The number of ether oxygens (including phenoxy) is 1. The van der Waals surface area contributed by atoms with E-state index in [1.165, 1.54) is 25.2 Å². The summed E-state index contributed by atoms with van der Waals surface area (Å²) in [5.41, 5.74) is 3.95. The van der Waals surface area contributed by atoms with Crippen LogP contribution >= 0.6 is 0 Å². The van der Waals surface area contributed by atoms with E-state index in [0.29, 0.717) is 18.3 Å². The number of aliphatic imine (C=N–C) groups is 1. The molecule has 2 heterocycles. The van der Waals surface area contributed by atoms with Crippen molar-refractivity contribution in [2.24, 2.45) is 10.9 Å². The van der Waals surface area contributed by atoms with Crippen molar-refractivity contribution in [2.45, 2.75) is 71.7 Å². The number of benzene rings is 1. The van der Waals surface area contributed by atoms with Crippen LogP contribution < -0.4 is 10.3 Å². The van der Waals surface area contributed by atoms with E-state index >= 15 is 0 Å². The van der Waals surface area contributed by atoms with E-state index in [1.807, 2.05) is 11.0 Å². The molecule has 2 aliphatic heterocycles. The summed E-state index contributed by atoms with van der Waals surface area (Å²) in [6, 6.07) is 5.00. The second kappa shape index (κ2) is 8.56. The summed E-state index contributed by atoms with van der Waals surface area (Å²) in [6.07, 6.45) is 4.67. The third-order valence-corrected chi connectivity index (χ3v) is 6.02. The number of nitrogens with one attached hydrogen (secondary N) is 1. The summed E-state index contributed by atoms with van der Waals surface area (Å²) < 4.78 is 5.35. The number of hydroxylamine groups is 1. The van der Waals surface area contributed by atoms with Crippen molar-refractivity contribution in [1.82, 2.24) is 15.3 Å². The lowest BCUT2D eigenvalue weighted by Gasteiger charge is -2.34. The molecule has 1 aliphatic carbocycles. The van der Waals surface area contributed by atoms with Gasteiger partial charge < -0.3 is 14.5 Å². The van der Waals surface area contributed by atoms with E-state index in [0.717, 1.165) is 36.9 Å². The number of guanidine groups is 1. The first-order valence-electron chi connectivity index (χ1n) is 10.8. The van der Waals surface area contributed by atoms with Crippen molar-refractivity contribution < 1.29 is 24.0 Å². The molecule has 2 unspecified atom stereocenters. The molecule has 1 aromatic carbocycles. The quantitative estimate of drug-likeness (QED) is 0.572. The third-order valence-electron chi connectivity index (χ3n) is 6.02. The molecule has 1 aromatic rings. The predicted molar refractivity (Wildman–Crippen MR) is 112 cm³/mol. The molecule has 9 heteroatoms. The summed E-state index contributed by atoms with van der Waals surface area (Å²) >= 11 is 0. The lowest BCUT2D eigenvalue weighted by atomic mass is 9.83. The number of hydrogen-bond donors (Lipinski definition) is 1. The largest absolute Gasteiger partial charge is 0.441 e. The van der Waals surface area contributed by atoms with Crippen LogP contribution in [0.15, 0.2) is 23.2 Å². The van der Waals surface area contributed by atoms with Crippen LogP contribution in [-0.2, 0) is 25.7 Å². The molecule has 1 saturated carbocycles. The van der Waals surface area contributed by atoms with E-state index in [1.54, 1.807) is 19.1 Å². The highest BCUT2D eigenvalue weighted by molar-refractivity contribution is 6.08. The minimum absolute atomic E-state index is 0.0677. The number of nitrogens with zero attached hydrogens (tertiary/aromatic N) is 3. The van der Waals surface area contributed by atoms with Crippen LogP contribution in [0.4, 0.5) is 5.69 Å². The Balaban J connectivity index is 1.68. The summed E-state index contributed by atoms with van der Waals surface area (Å²) in [4.78, 5) is 49.8. The van der Waals surface area contributed by atoms with Gasteiger partial charge >= 0.3 is 5.97 Å². The average Bonchev–Trinajstić information content (AvgIpc) is 3.01. The normalized spacial score (nSPS) is 21.7. The van der Waals surface area contributed by atoms with Crippen LogP contribution in [0.2, 0.25) is 0 Å². The van der Waals surface area contributed by atoms with Gasteiger partial charge in [0.05, 0.1) is 5.69 Å². The van der Waals surface area contributed by atoms with Gasteiger partial charge in [-0.2, -0.15) is 5.48 Å². The Bertz CT molecular complexity index is 924. The van der Waals surface area contributed by atoms with E-state index in [-0.39, 0.29) is 23.8 Å². The van der Waals surface area contributed by atoms with Gasteiger partial charge in [0, 0.05) is 26.0 Å². The van der Waals surface area contributed by atoms with Crippen molar-refractivity contribution in [2.75, 3.05) is 0 Å². The molecular weight excluding hydrogens is 400 g/mol. The molecule has 9 nitrogen and oxygen atoms in total. The van der Waals surface area contributed by atoms with Gasteiger partial charge in [0.1, 0.15) is 6.04 Å². The molecule has 2 atom stereocenters. The topological polar surface area (TPSA) is 101 Å². The first-order valence-corrected chi connectivity index (χ1v) is 10.8. The second-order valence-electron chi connectivity index (χ2n) is 8.35. The van der Waals surface area contributed by atoms with Gasteiger partial charge in [-0.15, -0.1) is 0 Å². The van der Waals surface area contributed by atoms with Crippen molar-refractivity contribution >= 4 is 29.4 Å². The maximum absolute atomic E-state index is 13.5. The van der Waals surface area contributed by atoms with Crippen LogP contribution in [0.25, 0.3) is 0 Å². The zero-order valence-corrected chi connectivity index (χ0v) is 18.1. The molecule has 1 N–H and O–H groups in total. The Hall–Kier alpha value is -3.10. The van der Waals surface area contributed by atoms with Crippen LogP contribution in [-0.4, -0.2) is 45.8 Å². The molecule has 1 saturated heterocycles. The lowest BCUT2D eigenvalue weighted by molar-refractivity contribution is -0.155. The number of carbonyl (C=O) groups excluding carboxylic acids is 3. The van der Waals surface area contributed by atoms with Crippen LogP contribution in [0, 0.1) is 5.92 Å². The Morgan fingerprint density at radius 2 is 1.94 bits per heavy atom. The van der Waals surface area contributed by atoms with Crippen LogP contribution in [0.3, 0.4) is 0 Å². The minimum Gasteiger partial charge on any atom is -0.441 e. The van der Waals surface area contributed by atoms with Crippen LogP contribution in [0.1, 0.15) is 58.4 Å². The third kappa shape index (κ3) is 4.22. The highest BCUT2D eigenvalue weighted by atomic mass is 16.7. The average molecular weight is 428 g/mol. The van der Waals surface area contributed by atoms with E-state index in [9.17, 15) is 14.4 Å². The second-order valence-corrected chi connectivity index (χ2v) is 8.35. The number of esters is 1. The summed E-state index contributed by atoms with van der Waals surface area (Å²) in [7, 11) is 0. The Morgan fingerprint density at radius 1 is 1.19 bits per heavy atom. The van der Waals surface area contributed by atoms with Crippen molar-refractivity contribution in [1.29, 1.82) is 0 Å². The van der Waals surface area contributed by atoms with Gasteiger partial charge in [-0.05, 0) is 43.9 Å². The molecule has 2 amide bonds. The Morgan fingerprint density at radius 3 is 2.61 bits per heavy atom. The number of hydrogen-bond acceptors (Lipinski definition) is 7. The molecule has 0 radical (unpaired) electrons. The maximum atomic E-state index is 13.5. The first kappa shape index (κ1) is 21.1. The molecule has 4 rings (SSSR count). The zero-order valence-electron chi connectivity index (χ0n) is 18.1. The van der Waals surface area contributed by atoms with E-state index < -0.39 is 12.2 Å². The fourth-order valence-electron chi connectivity index (χ4n) is 4.75. The summed E-state index contributed by atoms with van der Waals surface area (Å²) in [5, 5.41) is 0. The lowest BCUT2D eigenvalue weighted by Crippen LogP contribution is -2.43. The fraction of sp³-hybridized carbons (Fsp3) is 0.545. The van der Waals surface area contributed by atoms with E-state index in [2.05, 4.69) is 5.48 Å². The standard InChI is InChI=1S/C22H28N4O5/c1-13(27)24-31-18-9-10-19-17(11-18)12-25-20(16-7-5-4-6-8-16)21(29)26(22(25)23-19)14(2)30-15(3)28/h9-11,14,16,20H,4-8,12H2,1-3H3,(H,24,27). The summed E-state index contributed by atoms with van der Waals surface area (Å²) in [6.45, 7) is 4.89. The molecule has 0 aromatic heterocycles. The molecular formula is C22H28N4O5. The smallest absolute Gasteiger partial charge is 0.304 e.